The number of hydrogen-bond acceptors (Lipinski definition) is 3. The minimum atomic E-state index is 0.333. The Morgan fingerprint density at radius 1 is 1.38 bits per heavy atom. The number of thiazole rings is 1. The lowest BCUT2D eigenvalue weighted by atomic mass is 9.76. The molecule has 1 N–H and O–H groups in total. The zero-order chi connectivity index (χ0) is 15.0. The van der Waals surface area contributed by atoms with Gasteiger partial charge in [0.05, 0.1) is 10.7 Å². The normalized spacial score (nSPS) is 20.3. The van der Waals surface area contributed by atoms with Gasteiger partial charge in [-0.15, -0.1) is 11.3 Å². The molecular formula is C17H21BrN2S. The van der Waals surface area contributed by atoms with Crippen LogP contribution in [0.5, 0.6) is 0 Å². The maximum Gasteiger partial charge on any atom is 0.0975 e. The minimum absolute atomic E-state index is 0.333. The smallest absolute Gasteiger partial charge is 0.0975 e. The zero-order valence-corrected chi connectivity index (χ0v) is 15.1. The summed E-state index contributed by atoms with van der Waals surface area (Å²) in [5.41, 5.74) is 2.95. The van der Waals surface area contributed by atoms with E-state index in [1.807, 2.05) is 11.3 Å². The third-order valence-electron chi connectivity index (χ3n) is 4.14. The monoisotopic (exact) mass is 364 g/mol. The lowest BCUT2D eigenvalue weighted by Gasteiger charge is -2.34. The summed E-state index contributed by atoms with van der Waals surface area (Å²) in [6, 6.07) is 8.87. The molecule has 0 saturated heterocycles. The molecule has 3 rings (SSSR count). The molecule has 21 heavy (non-hydrogen) atoms. The maximum absolute atomic E-state index is 4.94. The molecule has 0 amide bonds. The predicted octanol–water partition coefficient (Wildman–Crippen LogP) is 4.73. The molecule has 0 fully saturated rings. The summed E-state index contributed by atoms with van der Waals surface area (Å²) in [4.78, 5) is 6.38. The summed E-state index contributed by atoms with van der Waals surface area (Å²) in [6.45, 7) is 4.68. The van der Waals surface area contributed by atoms with Gasteiger partial charge >= 0.3 is 0 Å². The van der Waals surface area contributed by atoms with Crippen molar-refractivity contribution in [2.75, 3.05) is 7.05 Å². The van der Waals surface area contributed by atoms with Crippen LogP contribution in [0.25, 0.3) is 0 Å². The molecule has 2 nitrogen and oxygen atoms in total. The lowest BCUT2D eigenvalue weighted by Crippen LogP contribution is -2.30. The van der Waals surface area contributed by atoms with E-state index in [-0.39, 0.29) is 0 Å². The number of halogens is 1. The minimum Gasteiger partial charge on any atom is -0.312 e. The Morgan fingerprint density at radius 3 is 2.86 bits per heavy atom. The van der Waals surface area contributed by atoms with E-state index < -0.39 is 0 Å². The van der Waals surface area contributed by atoms with E-state index in [9.17, 15) is 0 Å². The summed E-state index contributed by atoms with van der Waals surface area (Å²) in [5.74, 6) is 0. The number of aromatic nitrogens is 1. The van der Waals surface area contributed by atoms with Gasteiger partial charge in [0, 0.05) is 21.8 Å². The molecule has 0 bridgehead atoms. The first-order valence-corrected chi connectivity index (χ1v) is 8.98. The molecule has 0 saturated carbocycles. The lowest BCUT2D eigenvalue weighted by molar-refractivity contribution is 0.265. The third kappa shape index (κ3) is 3.22. The van der Waals surface area contributed by atoms with Crippen molar-refractivity contribution in [2.24, 2.45) is 5.41 Å². The van der Waals surface area contributed by atoms with Gasteiger partial charge in [-0.1, -0.05) is 48.0 Å². The predicted molar refractivity (Wildman–Crippen MR) is 93.0 cm³/mol. The van der Waals surface area contributed by atoms with Crippen LogP contribution in [-0.2, 0) is 12.8 Å². The molecule has 1 aromatic heterocycles. The second kappa shape index (κ2) is 5.82. The van der Waals surface area contributed by atoms with Crippen molar-refractivity contribution in [3.63, 3.8) is 0 Å². The van der Waals surface area contributed by atoms with Crippen LogP contribution in [0.3, 0.4) is 0 Å². The fourth-order valence-corrected chi connectivity index (χ4v) is 4.74. The van der Waals surface area contributed by atoms with Crippen LogP contribution >= 0.6 is 27.3 Å². The van der Waals surface area contributed by atoms with E-state index in [4.69, 9.17) is 4.98 Å². The van der Waals surface area contributed by atoms with Crippen LogP contribution in [0.15, 0.2) is 28.7 Å². The average Bonchev–Trinajstić information content (AvgIpc) is 2.81. The molecule has 4 heteroatoms. The van der Waals surface area contributed by atoms with Gasteiger partial charge in [0.15, 0.2) is 0 Å². The Bertz CT molecular complexity index is 648. The molecule has 0 aliphatic heterocycles. The van der Waals surface area contributed by atoms with E-state index in [1.54, 1.807) is 0 Å². The van der Waals surface area contributed by atoms with Gasteiger partial charge in [0.2, 0.25) is 0 Å². The van der Waals surface area contributed by atoms with Crippen molar-refractivity contribution in [2.45, 2.75) is 39.2 Å². The van der Waals surface area contributed by atoms with E-state index in [1.165, 1.54) is 32.0 Å². The van der Waals surface area contributed by atoms with Gasteiger partial charge in [-0.25, -0.2) is 4.98 Å². The van der Waals surface area contributed by atoms with Gasteiger partial charge in [-0.2, -0.15) is 0 Å². The summed E-state index contributed by atoms with van der Waals surface area (Å²) in [5, 5.41) is 4.69. The van der Waals surface area contributed by atoms with Crippen LogP contribution < -0.4 is 5.32 Å². The van der Waals surface area contributed by atoms with Gasteiger partial charge in [-0.05, 0) is 36.9 Å². The van der Waals surface area contributed by atoms with Gasteiger partial charge in [0.25, 0.3) is 0 Å². The number of benzene rings is 1. The quantitative estimate of drug-likeness (QED) is 0.851. The SMILES string of the molecule is CNC1CC(C)(C)Cc2nc(Cc3ccccc3Br)sc21. The Kier molecular flexibility index (Phi) is 4.21. The fourth-order valence-electron chi connectivity index (χ4n) is 3.10. The second-order valence-electron chi connectivity index (χ2n) is 6.57. The van der Waals surface area contributed by atoms with Crippen LogP contribution in [0.4, 0.5) is 0 Å². The number of nitrogens with one attached hydrogen (secondary N) is 1. The van der Waals surface area contributed by atoms with Crippen molar-refractivity contribution in [1.29, 1.82) is 0 Å². The Labute approximate surface area is 139 Å². The van der Waals surface area contributed by atoms with Crippen LogP contribution in [0, 0.1) is 5.41 Å². The van der Waals surface area contributed by atoms with Gasteiger partial charge < -0.3 is 5.32 Å². The van der Waals surface area contributed by atoms with Crippen LogP contribution in [-0.4, -0.2) is 12.0 Å². The van der Waals surface area contributed by atoms with Crippen molar-refractivity contribution in [3.05, 3.63) is 49.9 Å². The molecule has 1 unspecified atom stereocenters. The summed E-state index contributed by atoms with van der Waals surface area (Å²) in [7, 11) is 2.06. The number of rotatable bonds is 3. The molecule has 1 heterocycles. The first-order valence-electron chi connectivity index (χ1n) is 7.38. The first kappa shape index (κ1) is 15.2. The Morgan fingerprint density at radius 2 is 2.14 bits per heavy atom. The summed E-state index contributed by atoms with van der Waals surface area (Å²) < 4.78 is 1.17. The largest absolute Gasteiger partial charge is 0.312 e. The molecule has 1 atom stereocenters. The topological polar surface area (TPSA) is 24.9 Å². The first-order chi connectivity index (χ1) is 9.98. The second-order valence-corrected chi connectivity index (χ2v) is 8.54. The van der Waals surface area contributed by atoms with Crippen molar-refractivity contribution in [1.82, 2.24) is 10.3 Å². The van der Waals surface area contributed by atoms with Crippen molar-refractivity contribution < 1.29 is 0 Å². The summed E-state index contributed by atoms with van der Waals surface area (Å²) >= 11 is 5.51. The highest BCUT2D eigenvalue weighted by Gasteiger charge is 2.34. The van der Waals surface area contributed by atoms with E-state index >= 15 is 0 Å². The zero-order valence-electron chi connectivity index (χ0n) is 12.7. The molecule has 1 aliphatic rings. The molecule has 0 spiro atoms. The van der Waals surface area contributed by atoms with Gasteiger partial charge in [0.1, 0.15) is 0 Å². The molecular weight excluding hydrogens is 344 g/mol. The van der Waals surface area contributed by atoms with Crippen molar-refractivity contribution in [3.8, 4) is 0 Å². The van der Waals surface area contributed by atoms with E-state index in [2.05, 4.69) is 66.4 Å². The van der Waals surface area contributed by atoms with Crippen molar-refractivity contribution >= 4 is 27.3 Å². The maximum atomic E-state index is 4.94. The average molecular weight is 365 g/mol. The highest BCUT2D eigenvalue weighted by molar-refractivity contribution is 9.10. The third-order valence-corrected chi connectivity index (χ3v) is 6.12. The van der Waals surface area contributed by atoms with E-state index in [0.717, 1.165) is 12.8 Å². The molecule has 1 aromatic carbocycles. The van der Waals surface area contributed by atoms with Gasteiger partial charge in [-0.3, -0.25) is 0 Å². The van der Waals surface area contributed by atoms with Crippen LogP contribution in [0.1, 0.15) is 47.5 Å². The Balaban J connectivity index is 1.90. The number of hydrogen-bond donors (Lipinski definition) is 1. The number of nitrogens with zero attached hydrogens (tertiary/aromatic N) is 1. The molecule has 1 aliphatic carbocycles. The van der Waals surface area contributed by atoms with Crippen LogP contribution in [0.2, 0.25) is 0 Å². The highest BCUT2D eigenvalue weighted by atomic mass is 79.9. The summed E-state index contributed by atoms with van der Waals surface area (Å²) in [6.07, 6.45) is 3.19. The Hall–Kier alpha value is -0.710. The standard InChI is InChI=1S/C17H21BrN2S/c1-17(2)9-13(19-3)16-14(10-17)20-15(21-16)8-11-6-4-5-7-12(11)18/h4-7,13,19H,8-10H2,1-3H3. The van der Waals surface area contributed by atoms with E-state index in [0.29, 0.717) is 11.5 Å². The highest BCUT2D eigenvalue weighted by Crippen LogP contribution is 2.43. The molecule has 2 aromatic rings. The molecule has 0 radical (unpaired) electrons. The fraction of sp³-hybridized carbons (Fsp3) is 0.471. The number of fused-ring (bicyclic) bond motifs is 1. The molecule has 112 valence electrons.